The summed E-state index contributed by atoms with van der Waals surface area (Å²) in [7, 11) is 0. The highest BCUT2D eigenvalue weighted by Gasteiger charge is 2.24. The van der Waals surface area contributed by atoms with Crippen molar-refractivity contribution < 1.29 is 4.79 Å². The van der Waals surface area contributed by atoms with Crippen molar-refractivity contribution in [1.82, 2.24) is 15.2 Å². The van der Waals surface area contributed by atoms with Gasteiger partial charge in [-0.25, -0.2) is 0 Å². The smallest absolute Gasteiger partial charge is 0.267 e. The number of hydrogen-bond acceptors (Lipinski definition) is 3. The molecule has 2 N–H and O–H groups in total. The van der Waals surface area contributed by atoms with E-state index in [9.17, 15) is 4.79 Å². The third-order valence-corrected chi connectivity index (χ3v) is 7.93. The molecule has 176 valence electrons. The quantitative estimate of drug-likeness (QED) is 0.514. The van der Waals surface area contributed by atoms with Crippen molar-refractivity contribution in [3.8, 4) is 6.07 Å². The number of halogens is 1. The van der Waals surface area contributed by atoms with Crippen molar-refractivity contribution >= 4 is 28.4 Å². The Morgan fingerprint density at radius 3 is 2.65 bits per heavy atom. The third kappa shape index (κ3) is 5.14. The van der Waals surface area contributed by atoms with E-state index in [1.165, 1.54) is 30.4 Å². The van der Waals surface area contributed by atoms with Crippen LogP contribution in [-0.4, -0.2) is 41.5 Å². The first-order valence-corrected chi connectivity index (χ1v) is 12.8. The number of hydrogen-bond donors (Lipinski definition) is 2. The molecule has 0 atom stereocenters. The van der Waals surface area contributed by atoms with Gasteiger partial charge in [-0.05, 0) is 92.8 Å². The van der Waals surface area contributed by atoms with Crippen molar-refractivity contribution in [2.24, 2.45) is 5.92 Å². The van der Waals surface area contributed by atoms with Gasteiger partial charge >= 0.3 is 0 Å². The molecule has 3 aromatic rings. The Morgan fingerprint density at radius 1 is 1.09 bits per heavy atom. The molecule has 0 unspecified atom stereocenters. The van der Waals surface area contributed by atoms with Crippen molar-refractivity contribution in [2.75, 3.05) is 19.6 Å². The number of nitrogens with one attached hydrogen (secondary N) is 2. The fourth-order valence-corrected chi connectivity index (χ4v) is 5.76. The highest BCUT2D eigenvalue weighted by atomic mass is 35.5. The number of rotatable bonds is 5. The minimum Gasteiger partial charge on any atom is -0.349 e. The first-order chi connectivity index (χ1) is 16.6. The number of benzene rings is 2. The molecule has 1 aromatic heterocycles. The van der Waals surface area contributed by atoms with E-state index in [-0.39, 0.29) is 11.9 Å². The lowest BCUT2D eigenvalue weighted by Gasteiger charge is -2.30. The van der Waals surface area contributed by atoms with Crippen LogP contribution in [0.1, 0.15) is 59.3 Å². The molecule has 2 aliphatic rings. The Kier molecular flexibility index (Phi) is 6.89. The fraction of sp³-hybridized carbons (Fsp3) is 0.429. The molecule has 5 nitrogen and oxygen atoms in total. The molecule has 0 saturated heterocycles. The Bertz CT molecular complexity index is 1220. The van der Waals surface area contributed by atoms with E-state index < -0.39 is 0 Å². The molecule has 2 aromatic carbocycles. The van der Waals surface area contributed by atoms with Crippen LogP contribution in [0, 0.1) is 17.2 Å². The number of fused-ring (bicyclic) bond motifs is 2. The van der Waals surface area contributed by atoms with Crippen LogP contribution in [0.15, 0.2) is 42.5 Å². The van der Waals surface area contributed by atoms with E-state index in [0.29, 0.717) is 10.7 Å². The molecule has 0 radical (unpaired) electrons. The maximum absolute atomic E-state index is 12.8. The monoisotopic (exact) mass is 474 g/mol. The summed E-state index contributed by atoms with van der Waals surface area (Å²) < 4.78 is 0. The second-order valence-electron chi connectivity index (χ2n) is 9.80. The standard InChI is InChI=1S/C28H31ClN4O/c29-25-3-1-2-23-17-26(32-27(23)25)28(34)31-24-8-5-19(6-9-24)10-13-33-14-11-21-7-4-20(18-30)16-22(21)12-15-33/h1-4,7,16-17,19,24,32H,5-6,8-15H2,(H,31,34). The topological polar surface area (TPSA) is 71.9 Å². The van der Waals surface area contributed by atoms with Gasteiger partial charge in [0.05, 0.1) is 22.2 Å². The first kappa shape index (κ1) is 23.0. The molecule has 1 aliphatic carbocycles. The van der Waals surface area contributed by atoms with E-state index in [1.807, 2.05) is 30.3 Å². The Balaban J connectivity index is 1.07. The van der Waals surface area contributed by atoms with E-state index in [0.717, 1.165) is 67.7 Å². The van der Waals surface area contributed by atoms with Gasteiger partial charge in [-0.15, -0.1) is 0 Å². The SMILES string of the molecule is N#Cc1ccc2c(c1)CCN(CCC1CCC(NC(=O)c3cc4cccc(Cl)c4[nH]3)CC1)CC2. The number of aromatic amines is 1. The zero-order chi connectivity index (χ0) is 23.5. The second kappa shape index (κ2) is 10.2. The second-order valence-corrected chi connectivity index (χ2v) is 10.2. The summed E-state index contributed by atoms with van der Waals surface area (Å²) in [6, 6.07) is 16.2. The lowest BCUT2D eigenvalue weighted by molar-refractivity contribution is 0.0915. The van der Waals surface area contributed by atoms with Gasteiger partial charge in [-0.1, -0.05) is 29.8 Å². The molecule has 34 heavy (non-hydrogen) atoms. The lowest BCUT2D eigenvalue weighted by atomic mass is 9.84. The highest BCUT2D eigenvalue weighted by molar-refractivity contribution is 6.35. The first-order valence-electron chi connectivity index (χ1n) is 12.4. The number of aromatic nitrogens is 1. The van der Waals surface area contributed by atoms with Gasteiger partial charge in [0, 0.05) is 24.5 Å². The fourth-order valence-electron chi connectivity index (χ4n) is 5.53. The Hall–Kier alpha value is -2.81. The zero-order valence-electron chi connectivity index (χ0n) is 19.4. The van der Waals surface area contributed by atoms with Gasteiger partial charge in [0.15, 0.2) is 0 Å². The normalized spacial score (nSPS) is 20.9. The molecule has 1 fully saturated rings. The van der Waals surface area contributed by atoms with E-state index in [2.05, 4.69) is 33.4 Å². The number of H-pyrrole nitrogens is 1. The minimum absolute atomic E-state index is 0.0422. The van der Waals surface area contributed by atoms with Crippen LogP contribution in [0.4, 0.5) is 0 Å². The van der Waals surface area contributed by atoms with Crippen molar-refractivity contribution in [3.63, 3.8) is 0 Å². The number of nitriles is 1. The molecule has 1 amide bonds. The predicted octanol–water partition coefficient (Wildman–Crippen LogP) is 5.47. The van der Waals surface area contributed by atoms with E-state index in [4.69, 9.17) is 16.9 Å². The third-order valence-electron chi connectivity index (χ3n) is 7.62. The minimum atomic E-state index is -0.0422. The number of para-hydroxylation sites is 1. The van der Waals surface area contributed by atoms with Crippen molar-refractivity contribution in [3.05, 3.63) is 69.9 Å². The Labute approximate surface area is 206 Å². The maximum atomic E-state index is 12.8. The number of nitrogens with zero attached hydrogens (tertiary/aromatic N) is 2. The Morgan fingerprint density at radius 2 is 1.88 bits per heavy atom. The van der Waals surface area contributed by atoms with E-state index >= 15 is 0 Å². The van der Waals surface area contributed by atoms with Crippen molar-refractivity contribution in [2.45, 2.75) is 51.0 Å². The van der Waals surface area contributed by atoms with Crippen LogP contribution >= 0.6 is 11.6 Å². The summed E-state index contributed by atoms with van der Waals surface area (Å²) in [6.45, 7) is 3.30. The van der Waals surface area contributed by atoms with Crippen LogP contribution in [0.5, 0.6) is 0 Å². The lowest BCUT2D eigenvalue weighted by Crippen LogP contribution is -2.38. The summed E-state index contributed by atoms with van der Waals surface area (Å²) in [4.78, 5) is 18.5. The highest BCUT2D eigenvalue weighted by Crippen LogP contribution is 2.28. The molecule has 6 heteroatoms. The van der Waals surface area contributed by atoms with Crippen LogP contribution in [0.25, 0.3) is 10.9 Å². The molecule has 0 spiro atoms. The summed E-state index contributed by atoms with van der Waals surface area (Å²) >= 11 is 6.24. The van der Waals surface area contributed by atoms with Gasteiger partial charge in [-0.2, -0.15) is 5.26 Å². The molecule has 1 saturated carbocycles. The van der Waals surface area contributed by atoms with Crippen molar-refractivity contribution in [1.29, 1.82) is 5.26 Å². The average Bonchev–Trinajstić information content (AvgIpc) is 3.20. The molecular weight excluding hydrogens is 444 g/mol. The molecule has 0 bridgehead atoms. The molecule has 1 aliphatic heterocycles. The maximum Gasteiger partial charge on any atom is 0.267 e. The average molecular weight is 475 g/mol. The summed E-state index contributed by atoms with van der Waals surface area (Å²) in [6.07, 6.45) is 7.74. The predicted molar refractivity (Wildman–Crippen MR) is 136 cm³/mol. The summed E-state index contributed by atoms with van der Waals surface area (Å²) in [5.41, 5.74) is 4.91. The largest absolute Gasteiger partial charge is 0.349 e. The van der Waals surface area contributed by atoms with Crippen LogP contribution in [-0.2, 0) is 12.8 Å². The van der Waals surface area contributed by atoms with Crippen LogP contribution in [0.3, 0.4) is 0 Å². The molecule has 2 heterocycles. The van der Waals surface area contributed by atoms with Gasteiger partial charge in [-0.3, -0.25) is 4.79 Å². The molecular formula is C28H31ClN4O. The van der Waals surface area contributed by atoms with Gasteiger partial charge in [0.25, 0.3) is 5.91 Å². The molecule has 5 rings (SSSR count). The van der Waals surface area contributed by atoms with Gasteiger partial charge < -0.3 is 15.2 Å². The van der Waals surface area contributed by atoms with Crippen LogP contribution in [0.2, 0.25) is 5.02 Å². The number of amides is 1. The zero-order valence-corrected chi connectivity index (χ0v) is 20.2. The number of carbonyl (C=O) groups is 1. The van der Waals surface area contributed by atoms with Gasteiger partial charge in [0.2, 0.25) is 0 Å². The summed E-state index contributed by atoms with van der Waals surface area (Å²) in [5, 5.41) is 14.0. The number of carbonyl (C=O) groups excluding carboxylic acids is 1. The van der Waals surface area contributed by atoms with E-state index in [1.54, 1.807) is 0 Å². The van der Waals surface area contributed by atoms with Crippen LogP contribution < -0.4 is 5.32 Å². The summed E-state index contributed by atoms with van der Waals surface area (Å²) in [5.74, 6) is 0.690. The van der Waals surface area contributed by atoms with Gasteiger partial charge in [0.1, 0.15) is 5.69 Å².